The molecule has 2 aliphatic rings. The van der Waals surface area contributed by atoms with Crippen LogP contribution >= 0.6 is 35.9 Å². The Morgan fingerprint density at radius 1 is 1.15 bits per heavy atom. The number of amides is 2. The Labute approximate surface area is 176 Å². The third-order valence-electron chi connectivity index (χ3n) is 4.78. The van der Waals surface area contributed by atoms with Crippen LogP contribution in [0.25, 0.3) is 0 Å². The number of nitrogens with zero attached hydrogens (tertiary/aromatic N) is 1. The maximum Gasteiger partial charge on any atom is 0.253 e. The van der Waals surface area contributed by atoms with Crippen LogP contribution in [0.3, 0.4) is 0 Å². The molecule has 2 fully saturated rings. The molecule has 1 atom stereocenters. The summed E-state index contributed by atoms with van der Waals surface area (Å²) in [5.74, 6) is 2.32. The Hall–Kier alpha value is -0.890. The fraction of sp³-hybridized carbons (Fsp3) is 0.579. The van der Waals surface area contributed by atoms with Gasteiger partial charge in [0.05, 0.1) is 10.5 Å². The first-order valence-corrected chi connectivity index (χ1v) is 11.4. The molecule has 1 unspecified atom stereocenters. The number of halogens is 1. The van der Waals surface area contributed by atoms with Crippen molar-refractivity contribution in [2.45, 2.75) is 23.8 Å². The molecule has 8 heteroatoms. The molecule has 0 spiro atoms. The highest BCUT2D eigenvalue weighted by Gasteiger charge is 2.28. The normalized spacial score (nSPS) is 20.6. The monoisotopic (exact) mass is 429 g/mol. The number of rotatable bonds is 5. The van der Waals surface area contributed by atoms with E-state index in [4.69, 9.17) is 5.73 Å². The highest BCUT2D eigenvalue weighted by Crippen LogP contribution is 2.43. The minimum atomic E-state index is -0.131. The van der Waals surface area contributed by atoms with Crippen LogP contribution in [0.5, 0.6) is 0 Å². The Bertz CT molecular complexity index is 624. The van der Waals surface area contributed by atoms with Crippen LogP contribution in [0.15, 0.2) is 24.3 Å². The summed E-state index contributed by atoms with van der Waals surface area (Å²) < 4.78 is 0.485. The molecule has 2 heterocycles. The zero-order chi connectivity index (χ0) is 18.4. The lowest BCUT2D eigenvalue weighted by molar-refractivity contribution is -0.126. The predicted octanol–water partition coefficient (Wildman–Crippen LogP) is 2.90. The van der Waals surface area contributed by atoms with Gasteiger partial charge in [0.2, 0.25) is 5.91 Å². The molecular formula is C19H28ClN3O2S2. The molecule has 0 aliphatic carbocycles. The van der Waals surface area contributed by atoms with Crippen LogP contribution in [-0.2, 0) is 4.79 Å². The van der Waals surface area contributed by atoms with E-state index in [1.807, 2.05) is 40.6 Å². The van der Waals surface area contributed by atoms with Gasteiger partial charge in [0.15, 0.2) is 0 Å². The Morgan fingerprint density at radius 3 is 2.52 bits per heavy atom. The standard InChI is InChI=1S/C19H27N3O2S2.ClH/c20-8-9-21-17(23)16-3-1-10-22(13-16)18(24)14-4-6-15(7-5-14)19-25-11-2-12-26-19;/h4-7,16,19H,1-3,8-13,20H2,(H,21,23);1H. The summed E-state index contributed by atoms with van der Waals surface area (Å²) >= 11 is 3.97. The van der Waals surface area contributed by atoms with Crippen LogP contribution in [-0.4, -0.2) is 54.4 Å². The van der Waals surface area contributed by atoms with Crippen molar-refractivity contribution in [3.8, 4) is 0 Å². The topological polar surface area (TPSA) is 75.4 Å². The molecule has 27 heavy (non-hydrogen) atoms. The van der Waals surface area contributed by atoms with E-state index >= 15 is 0 Å². The molecule has 5 nitrogen and oxygen atoms in total. The van der Waals surface area contributed by atoms with Gasteiger partial charge in [0.25, 0.3) is 5.91 Å². The van der Waals surface area contributed by atoms with E-state index in [0.717, 1.165) is 19.4 Å². The zero-order valence-corrected chi connectivity index (χ0v) is 17.8. The molecule has 2 saturated heterocycles. The van der Waals surface area contributed by atoms with Crippen molar-refractivity contribution in [2.24, 2.45) is 11.7 Å². The van der Waals surface area contributed by atoms with Gasteiger partial charge in [-0.2, -0.15) is 0 Å². The van der Waals surface area contributed by atoms with E-state index in [1.165, 1.54) is 23.5 Å². The lowest BCUT2D eigenvalue weighted by Gasteiger charge is -2.32. The smallest absolute Gasteiger partial charge is 0.253 e. The van der Waals surface area contributed by atoms with Crippen LogP contribution in [0.4, 0.5) is 0 Å². The van der Waals surface area contributed by atoms with Crippen LogP contribution < -0.4 is 11.1 Å². The van der Waals surface area contributed by atoms with Crippen LogP contribution in [0.2, 0.25) is 0 Å². The SMILES string of the molecule is Cl.NCCNC(=O)C1CCCN(C(=O)c2ccc(C3SCCCS3)cc2)C1. The maximum atomic E-state index is 12.8. The van der Waals surface area contributed by atoms with E-state index in [0.29, 0.717) is 29.8 Å². The van der Waals surface area contributed by atoms with Crippen molar-refractivity contribution in [1.82, 2.24) is 10.2 Å². The first kappa shape index (κ1) is 22.4. The first-order valence-electron chi connectivity index (χ1n) is 9.29. The van der Waals surface area contributed by atoms with E-state index in [9.17, 15) is 9.59 Å². The van der Waals surface area contributed by atoms with E-state index < -0.39 is 0 Å². The minimum absolute atomic E-state index is 0. The molecule has 2 aliphatic heterocycles. The van der Waals surface area contributed by atoms with Gasteiger partial charge in [-0.15, -0.1) is 35.9 Å². The van der Waals surface area contributed by atoms with Crippen molar-refractivity contribution >= 4 is 47.7 Å². The van der Waals surface area contributed by atoms with Crippen molar-refractivity contribution in [3.63, 3.8) is 0 Å². The summed E-state index contributed by atoms with van der Waals surface area (Å²) in [5.41, 5.74) is 7.44. The third-order valence-corrected chi connectivity index (χ3v) is 7.79. The summed E-state index contributed by atoms with van der Waals surface area (Å²) in [6, 6.07) is 8.04. The second kappa shape index (κ2) is 11.2. The second-order valence-electron chi connectivity index (χ2n) is 6.72. The molecule has 150 valence electrons. The van der Waals surface area contributed by atoms with Gasteiger partial charge in [-0.1, -0.05) is 12.1 Å². The van der Waals surface area contributed by atoms with Gasteiger partial charge in [0, 0.05) is 31.7 Å². The lowest BCUT2D eigenvalue weighted by atomic mass is 9.96. The predicted molar refractivity (Wildman–Crippen MR) is 117 cm³/mol. The van der Waals surface area contributed by atoms with Crippen molar-refractivity contribution in [2.75, 3.05) is 37.7 Å². The van der Waals surface area contributed by atoms with Crippen molar-refractivity contribution in [3.05, 3.63) is 35.4 Å². The molecule has 0 aromatic heterocycles. The van der Waals surface area contributed by atoms with Gasteiger partial charge >= 0.3 is 0 Å². The average molecular weight is 430 g/mol. The van der Waals surface area contributed by atoms with Gasteiger partial charge in [-0.3, -0.25) is 9.59 Å². The third kappa shape index (κ3) is 6.04. The summed E-state index contributed by atoms with van der Waals surface area (Å²) in [6.45, 7) is 2.13. The molecule has 1 aromatic carbocycles. The molecule has 0 bridgehead atoms. The molecule has 3 rings (SSSR count). The van der Waals surface area contributed by atoms with E-state index in [-0.39, 0.29) is 30.1 Å². The quantitative estimate of drug-likeness (QED) is 0.752. The molecule has 2 amide bonds. The summed E-state index contributed by atoms with van der Waals surface area (Å²) in [6.07, 6.45) is 2.96. The summed E-state index contributed by atoms with van der Waals surface area (Å²) in [4.78, 5) is 26.8. The van der Waals surface area contributed by atoms with Crippen molar-refractivity contribution in [1.29, 1.82) is 0 Å². The number of nitrogens with one attached hydrogen (secondary N) is 1. The van der Waals surface area contributed by atoms with Gasteiger partial charge in [-0.05, 0) is 48.5 Å². The number of thioether (sulfide) groups is 2. The largest absolute Gasteiger partial charge is 0.355 e. The number of carbonyl (C=O) groups is 2. The number of hydrogen-bond acceptors (Lipinski definition) is 5. The fourth-order valence-electron chi connectivity index (χ4n) is 3.36. The van der Waals surface area contributed by atoms with Crippen LogP contribution in [0.1, 0.15) is 39.8 Å². The van der Waals surface area contributed by atoms with E-state index in [2.05, 4.69) is 17.4 Å². The number of nitrogens with two attached hydrogens (primary N) is 1. The Kier molecular flexibility index (Phi) is 9.29. The highest BCUT2D eigenvalue weighted by atomic mass is 35.5. The molecule has 3 N–H and O–H groups in total. The first-order chi connectivity index (χ1) is 12.7. The van der Waals surface area contributed by atoms with Crippen molar-refractivity contribution < 1.29 is 9.59 Å². The lowest BCUT2D eigenvalue weighted by Crippen LogP contribution is -2.46. The molecule has 0 saturated carbocycles. The minimum Gasteiger partial charge on any atom is -0.355 e. The number of likely N-dealkylation sites (tertiary alicyclic amines) is 1. The Balaban J connectivity index is 0.00000261. The van der Waals surface area contributed by atoms with Gasteiger partial charge < -0.3 is 16.0 Å². The van der Waals surface area contributed by atoms with Gasteiger partial charge in [-0.25, -0.2) is 0 Å². The van der Waals surface area contributed by atoms with E-state index in [1.54, 1.807) is 0 Å². The Morgan fingerprint density at radius 2 is 1.85 bits per heavy atom. The summed E-state index contributed by atoms with van der Waals surface area (Å²) in [7, 11) is 0. The number of piperidine rings is 1. The molecule has 1 aromatic rings. The average Bonchev–Trinajstić information content (AvgIpc) is 2.72. The number of carbonyl (C=O) groups excluding carboxylic acids is 2. The summed E-state index contributed by atoms with van der Waals surface area (Å²) in [5, 5.41) is 2.84. The number of hydrogen-bond donors (Lipinski definition) is 2. The molecular weight excluding hydrogens is 402 g/mol. The molecule has 0 radical (unpaired) electrons. The number of benzene rings is 1. The maximum absolute atomic E-state index is 12.8. The fourth-order valence-corrected chi connectivity index (χ4v) is 6.26. The highest BCUT2D eigenvalue weighted by molar-refractivity contribution is 8.16. The van der Waals surface area contributed by atoms with Gasteiger partial charge in [0.1, 0.15) is 0 Å². The second-order valence-corrected chi connectivity index (χ2v) is 9.44. The van der Waals surface area contributed by atoms with Crippen LogP contribution in [0, 0.1) is 5.92 Å². The zero-order valence-electron chi connectivity index (χ0n) is 15.4.